The van der Waals surface area contributed by atoms with Crippen molar-refractivity contribution < 1.29 is 9.59 Å². The number of para-hydroxylation sites is 1. The molecule has 3 aromatic rings. The number of rotatable bonds is 7. The van der Waals surface area contributed by atoms with E-state index in [0.29, 0.717) is 19.6 Å². The number of carbonyl (C=O) groups excluding carboxylic acids is 2. The van der Waals surface area contributed by atoms with Crippen molar-refractivity contribution >= 4 is 17.5 Å². The van der Waals surface area contributed by atoms with E-state index >= 15 is 0 Å². The molecule has 1 atom stereocenters. The molecular weight excluding hydrogens is 398 g/mol. The van der Waals surface area contributed by atoms with Crippen LogP contribution in [0.2, 0.25) is 0 Å². The van der Waals surface area contributed by atoms with E-state index in [0.717, 1.165) is 24.3 Å². The van der Waals surface area contributed by atoms with E-state index in [1.54, 1.807) is 0 Å². The van der Waals surface area contributed by atoms with Gasteiger partial charge in [0.15, 0.2) is 0 Å². The Kier molecular flexibility index (Phi) is 7.31. The molecule has 2 amide bonds. The van der Waals surface area contributed by atoms with Gasteiger partial charge in [0.1, 0.15) is 0 Å². The highest BCUT2D eigenvalue weighted by Crippen LogP contribution is 2.20. The number of carbonyl (C=O) groups is 2. The quantitative estimate of drug-likeness (QED) is 0.616. The second-order valence-electron chi connectivity index (χ2n) is 8.28. The lowest BCUT2D eigenvalue weighted by Gasteiger charge is -2.24. The Morgan fingerprint density at radius 3 is 1.97 bits per heavy atom. The van der Waals surface area contributed by atoms with Crippen molar-refractivity contribution in [2.45, 2.75) is 19.5 Å². The first-order chi connectivity index (χ1) is 15.7. The maximum Gasteiger partial charge on any atom is 0.227 e. The first-order valence-corrected chi connectivity index (χ1v) is 11.1. The first kappa shape index (κ1) is 21.8. The van der Waals surface area contributed by atoms with E-state index in [-0.39, 0.29) is 24.2 Å². The van der Waals surface area contributed by atoms with Gasteiger partial charge in [-0.25, -0.2) is 0 Å². The highest BCUT2D eigenvalue weighted by Gasteiger charge is 2.32. The van der Waals surface area contributed by atoms with E-state index < -0.39 is 0 Å². The van der Waals surface area contributed by atoms with Gasteiger partial charge < -0.3 is 10.2 Å². The van der Waals surface area contributed by atoms with Crippen LogP contribution < -0.4 is 5.32 Å². The Morgan fingerprint density at radius 2 is 1.34 bits per heavy atom. The normalized spacial score (nSPS) is 17.1. The molecule has 0 bridgehead atoms. The third-order valence-corrected chi connectivity index (χ3v) is 5.78. The Labute approximate surface area is 189 Å². The molecule has 1 unspecified atom stereocenters. The summed E-state index contributed by atoms with van der Waals surface area (Å²) in [5.41, 5.74) is 3.06. The minimum Gasteiger partial charge on any atom is -0.337 e. The summed E-state index contributed by atoms with van der Waals surface area (Å²) in [6.45, 7) is 3.34. The molecule has 0 radical (unpaired) electrons. The molecule has 1 saturated heterocycles. The van der Waals surface area contributed by atoms with Gasteiger partial charge in [-0.15, -0.1) is 0 Å². The number of anilines is 1. The zero-order chi connectivity index (χ0) is 22.2. The molecule has 1 aliphatic heterocycles. The molecule has 5 heteroatoms. The highest BCUT2D eigenvalue weighted by atomic mass is 16.2. The summed E-state index contributed by atoms with van der Waals surface area (Å²) in [6, 6.07) is 29.7. The monoisotopic (exact) mass is 427 g/mol. The van der Waals surface area contributed by atoms with Gasteiger partial charge in [0.05, 0.1) is 5.92 Å². The topological polar surface area (TPSA) is 52.7 Å². The van der Waals surface area contributed by atoms with Gasteiger partial charge in [-0.05, 0) is 23.3 Å². The van der Waals surface area contributed by atoms with Gasteiger partial charge in [0.25, 0.3) is 0 Å². The third kappa shape index (κ3) is 6.05. The zero-order valence-electron chi connectivity index (χ0n) is 18.2. The number of amides is 2. The average Bonchev–Trinajstić information content (AvgIpc) is 2.95. The van der Waals surface area contributed by atoms with Crippen LogP contribution in [-0.4, -0.2) is 41.2 Å². The summed E-state index contributed by atoms with van der Waals surface area (Å²) in [6.07, 6.45) is 0.171. The van der Waals surface area contributed by atoms with Crippen molar-refractivity contribution in [3.05, 3.63) is 102 Å². The molecule has 3 aromatic carbocycles. The molecule has 0 saturated carbocycles. The van der Waals surface area contributed by atoms with Crippen LogP contribution in [0.1, 0.15) is 17.5 Å². The lowest BCUT2D eigenvalue weighted by Crippen LogP contribution is -2.37. The van der Waals surface area contributed by atoms with Crippen LogP contribution >= 0.6 is 0 Å². The van der Waals surface area contributed by atoms with Gasteiger partial charge in [0, 0.05) is 44.8 Å². The molecule has 1 N–H and O–H groups in total. The number of hydrogen-bond donors (Lipinski definition) is 1. The number of benzene rings is 3. The molecular formula is C27H29N3O2. The molecule has 164 valence electrons. The summed E-state index contributed by atoms with van der Waals surface area (Å²) < 4.78 is 0. The minimum absolute atomic E-state index is 0.0487. The van der Waals surface area contributed by atoms with Crippen LogP contribution in [0.4, 0.5) is 5.69 Å². The lowest BCUT2D eigenvalue weighted by atomic mass is 10.0. The van der Waals surface area contributed by atoms with Crippen molar-refractivity contribution in [1.82, 2.24) is 9.80 Å². The van der Waals surface area contributed by atoms with Crippen LogP contribution in [0.5, 0.6) is 0 Å². The molecule has 1 fully saturated rings. The SMILES string of the molecule is O=C(CC1CN(Cc2ccccc2)CCN(Cc2ccccc2)C1=O)Nc1ccccc1. The Bertz CT molecular complexity index is 1010. The molecule has 1 aliphatic rings. The first-order valence-electron chi connectivity index (χ1n) is 11.1. The van der Waals surface area contributed by atoms with Crippen LogP contribution in [0.25, 0.3) is 0 Å². The largest absolute Gasteiger partial charge is 0.337 e. The van der Waals surface area contributed by atoms with Crippen molar-refractivity contribution in [3.63, 3.8) is 0 Å². The Balaban J connectivity index is 1.49. The van der Waals surface area contributed by atoms with Gasteiger partial charge >= 0.3 is 0 Å². The standard InChI is InChI=1S/C27H29N3O2/c31-26(28-25-14-8-3-9-15-25)18-24-21-29(19-22-10-4-1-5-11-22)16-17-30(27(24)32)20-23-12-6-2-7-13-23/h1-15,24H,16-21H2,(H,28,31). The molecule has 0 spiro atoms. The molecule has 0 aromatic heterocycles. The smallest absolute Gasteiger partial charge is 0.227 e. The summed E-state index contributed by atoms with van der Waals surface area (Å²) in [7, 11) is 0. The fourth-order valence-electron chi connectivity index (χ4n) is 4.17. The fourth-order valence-corrected chi connectivity index (χ4v) is 4.17. The van der Waals surface area contributed by atoms with Crippen LogP contribution in [0, 0.1) is 5.92 Å². The van der Waals surface area contributed by atoms with Gasteiger partial charge in [-0.2, -0.15) is 0 Å². The van der Waals surface area contributed by atoms with Gasteiger partial charge in [-0.3, -0.25) is 14.5 Å². The number of nitrogens with one attached hydrogen (secondary N) is 1. The van der Waals surface area contributed by atoms with Gasteiger partial charge in [-0.1, -0.05) is 78.9 Å². The van der Waals surface area contributed by atoms with E-state index in [1.165, 1.54) is 5.56 Å². The predicted molar refractivity (Wildman–Crippen MR) is 127 cm³/mol. The predicted octanol–water partition coefficient (Wildman–Crippen LogP) is 4.18. The van der Waals surface area contributed by atoms with Crippen LogP contribution in [0.15, 0.2) is 91.0 Å². The van der Waals surface area contributed by atoms with E-state index in [9.17, 15) is 9.59 Å². The number of hydrogen-bond acceptors (Lipinski definition) is 3. The maximum atomic E-state index is 13.5. The Morgan fingerprint density at radius 1 is 0.781 bits per heavy atom. The van der Waals surface area contributed by atoms with E-state index in [2.05, 4.69) is 22.3 Å². The zero-order valence-corrected chi connectivity index (χ0v) is 18.2. The third-order valence-electron chi connectivity index (χ3n) is 5.78. The molecule has 5 nitrogen and oxygen atoms in total. The minimum atomic E-state index is -0.381. The summed E-state index contributed by atoms with van der Waals surface area (Å²) in [4.78, 5) is 30.4. The summed E-state index contributed by atoms with van der Waals surface area (Å²) in [5.74, 6) is -0.461. The molecule has 32 heavy (non-hydrogen) atoms. The van der Waals surface area contributed by atoms with Crippen molar-refractivity contribution in [3.8, 4) is 0 Å². The van der Waals surface area contributed by atoms with Crippen LogP contribution in [0.3, 0.4) is 0 Å². The lowest BCUT2D eigenvalue weighted by molar-refractivity contribution is -0.137. The van der Waals surface area contributed by atoms with Crippen molar-refractivity contribution in [2.75, 3.05) is 25.0 Å². The second kappa shape index (κ2) is 10.7. The van der Waals surface area contributed by atoms with Crippen molar-refractivity contribution in [2.24, 2.45) is 5.92 Å². The summed E-state index contributed by atoms with van der Waals surface area (Å²) >= 11 is 0. The second-order valence-corrected chi connectivity index (χ2v) is 8.28. The maximum absolute atomic E-state index is 13.5. The summed E-state index contributed by atoms with van der Waals surface area (Å²) in [5, 5.41) is 2.93. The van der Waals surface area contributed by atoms with E-state index in [4.69, 9.17) is 0 Å². The number of nitrogens with zero attached hydrogens (tertiary/aromatic N) is 2. The molecule has 1 heterocycles. The highest BCUT2D eigenvalue weighted by molar-refractivity contribution is 5.94. The Hall–Kier alpha value is -3.44. The van der Waals surface area contributed by atoms with Crippen molar-refractivity contribution in [1.29, 1.82) is 0 Å². The average molecular weight is 428 g/mol. The molecule has 0 aliphatic carbocycles. The van der Waals surface area contributed by atoms with Crippen LogP contribution in [-0.2, 0) is 22.7 Å². The molecule has 4 rings (SSSR count). The van der Waals surface area contributed by atoms with E-state index in [1.807, 2.05) is 83.8 Å². The fraction of sp³-hybridized carbons (Fsp3) is 0.259. The van der Waals surface area contributed by atoms with Gasteiger partial charge in [0.2, 0.25) is 11.8 Å².